The molecule has 2 aromatic heterocycles. The minimum atomic E-state index is -1.26. The first-order chi connectivity index (χ1) is 14.0. The molecule has 1 saturated heterocycles. The van der Waals surface area contributed by atoms with Crippen molar-refractivity contribution in [2.45, 2.75) is 17.4 Å². The standard InChI is InChI=1S/C19H18ClN5O3S/c1-29(27)16-8-12(2-3-13(16)20)23-18-17-14(4-6-22-19(17)26)25(24-18)15-10-28-7-5-11(15)9-21/h2-4,6,8,11,15H,5,7,10H2,1H3,(H,22,26)(H,23,24)/t11-,15+,29?/m1/s1. The molecule has 1 aliphatic rings. The number of pyridine rings is 1. The topological polar surface area (TPSA) is 119 Å². The molecule has 1 aromatic carbocycles. The van der Waals surface area contributed by atoms with Crippen LogP contribution in [-0.2, 0) is 15.9 Å². The molecule has 0 amide bonds. The van der Waals surface area contributed by atoms with Gasteiger partial charge in [-0.2, -0.15) is 10.4 Å². The van der Waals surface area contributed by atoms with Crippen molar-refractivity contribution >= 4 is 45.2 Å². The number of aromatic amines is 1. The Hall–Kier alpha value is -2.51. The van der Waals surface area contributed by atoms with E-state index in [2.05, 4.69) is 21.5 Å². The van der Waals surface area contributed by atoms with Crippen LogP contribution < -0.4 is 10.9 Å². The average molecular weight is 432 g/mol. The summed E-state index contributed by atoms with van der Waals surface area (Å²) in [6, 6.07) is 8.82. The van der Waals surface area contributed by atoms with Crippen molar-refractivity contribution in [3.05, 3.63) is 45.8 Å². The lowest BCUT2D eigenvalue weighted by molar-refractivity contribution is 0.0359. The largest absolute Gasteiger partial charge is 0.612 e. The summed E-state index contributed by atoms with van der Waals surface area (Å²) in [5.41, 5.74) is 0.918. The summed E-state index contributed by atoms with van der Waals surface area (Å²) in [4.78, 5) is 15.7. The Balaban J connectivity index is 1.81. The highest BCUT2D eigenvalue weighted by atomic mass is 35.5. The first-order valence-corrected chi connectivity index (χ1v) is 10.9. The molecule has 0 bridgehead atoms. The predicted octanol–water partition coefficient (Wildman–Crippen LogP) is 2.96. The molecule has 0 radical (unpaired) electrons. The first kappa shape index (κ1) is 19.8. The molecule has 150 valence electrons. The van der Waals surface area contributed by atoms with Gasteiger partial charge in [-0.3, -0.25) is 9.48 Å². The van der Waals surface area contributed by atoms with Gasteiger partial charge in [0.15, 0.2) is 10.7 Å². The summed E-state index contributed by atoms with van der Waals surface area (Å²) in [5.74, 6) is 0.0860. The summed E-state index contributed by atoms with van der Waals surface area (Å²) >= 11 is 4.85. The van der Waals surface area contributed by atoms with Crippen molar-refractivity contribution in [2.75, 3.05) is 24.8 Å². The molecule has 0 aliphatic carbocycles. The second-order valence-electron chi connectivity index (χ2n) is 6.75. The summed E-state index contributed by atoms with van der Waals surface area (Å²) in [6.45, 7) is 0.877. The fraction of sp³-hybridized carbons (Fsp3) is 0.316. The van der Waals surface area contributed by atoms with Crippen molar-refractivity contribution < 1.29 is 9.29 Å². The summed E-state index contributed by atoms with van der Waals surface area (Å²) < 4.78 is 19.1. The van der Waals surface area contributed by atoms with E-state index in [-0.39, 0.29) is 17.5 Å². The minimum Gasteiger partial charge on any atom is -0.612 e. The maximum atomic E-state index is 12.6. The number of hydrogen-bond donors (Lipinski definition) is 2. The van der Waals surface area contributed by atoms with Crippen LogP contribution in [0.3, 0.4) is 0 Å². The van der Waals surface area contributed by atoms with Crippen LogP contribution in [0.15, 0.2) is 40.2 Å². The van der Waals surface area contributed by atoms with Gasteiger partial charge < -0.3 is 19.6 Å². The third kappa shape index (κ3) is 3.72. The number of fused-ring (bicyclic) bond motifs is 1. The molecule has 0 spiro atoms. The Morgan fingerprint density at radius 2 is 2.31 bits per heavy atom. The van der Waals surface area contributed by atoms with E-state index in [1.165, 1.54) is 0 Å². The van der Waals surface area contributed by atoms with Crippen LogP contribution in [0.2, 0.25) is 5.02 Å². The van der Waals surface area contributed by atoms with Gasteiger partial charge in [0.2, 0.25) is 0 Å². The molecule has 29 heavy (non-hydrogen) atoms. The van der Waals surface area contributed by atoms with Crippen LogP contribution in [0.4, 0.5) is 11.5 Å². The zero-order valence-corrected chi connectivity index (χ0v) is 17.1. The van der Waals surface area contributed by atoms with Crippen molar-refractivity contribution in [1.29, 1.82) is 5.26 Å². The van der Waals surface area contributed by atoms with Crippen LogP contribution in [-0.4, -0.2) is 38.8 Å². The highest BCUT2D eigenvalue weighted by Gasteiger charge is 2.30. The minimum absolute atomic E-state index is 0.261. The van der Waals surface area contributed by atoms with Crippen LogP contribution in [0, 0.1) is 17.2 Å². The Morgan fingerprint density at radius 3 is 3.07 bits per heavy atom. The Bertz CT molecular complexity index is 1150. The van der Waals surface area contributed by atoms with E-state index in [0.29, 0.717) is 52.0 Å². The lowest BCUT2D eigenvalue weighted by Crippen LogP contribution is -2.30. The van der Waals surface area contributed by atoms with Gasteiger partial charge in [0.05, 0.1) is 35.2 Å². The lowest BCUT2D eigenvalue weighted by Gasteiger charge is -2.27. The van der Waals surface area contributed by atoms with E-state index in [1.54, 1.807) is 41.4 Å². The highest BCUT2D eigenvalue weighted by molar-refractivity contribution is 7.90. The van der Waals surface area contributed by atoms with E-state index < -0.39 is 11.2 Å². The molecular formula is C19H18ClN5O3S. The first-order valence-electron chi connectivity index (χ1n) is 8.97. The van der Waals surface area contributed by atoms with Gasteiger partial charge in [-0.1, -0.05) is 11.6 Å². The Morgan fingerprint density at radius 1 is 1.48 bits per heavy atom. The number of ether oxygens (including phenoxy) is 1. The van der Waals surface area contributed by atoms with Gasteiger partial charge >= 0.3 is 0 Å². The number of nitrogens with zero attached hydrogens (tertiary/aromatic N) is 3. The van der Waals surface area contributed by atoms with Crippen LogP contribution in [0.25, 0.3) is 10.9 Å². The van der Waals surface area contributed by atoms with Crippen LogP contribution in [0.5, 0.6) is 0 Å². The van der Waals surface area contributed by atoms with Gasteiger partial charge in [0.1, 0.15) is 11.6 Å². The molecule has 8 nitrogen and oxygen atoms in total. The molecule has 1 aliphatic heterocycles. The van der Waals surface area contributed by atoms with Crippen LogP contribution >= 0.6 is 11.6 Å². The third-order valence-electron chi connectivity index (χ3n) is 4.94. The Labute approximate surface area is 174 Å². The van der Waals surface area contributed by atoms with E-state index in [9.17, 15) is 14.6 Å². The molecule has 4 rings (SSSR count). The molecule has 3 atom stereocenters. The zero-order valence-electron chi connectivity index (χ0n) is 15.5. The van der Waals surface area contributed by atoms with Crippen LogP contribution in [0.1, 0.15) is 12.5 Å². The second-order valence-corrected chi connectivity index (χ2v) is 8.51. The number of benzene rings is 1. The highest BCUT2D eigenvalue weighted by Crippen LogP contribution is 2.32. The number of nitriles is 1. The molecule has 0 saturated carbocycles. The SMILES string of the molecule is C[S+]([O-])c1cc(Nc2nn([C@H]3COCC[C@@H]3C#N)c3cc[nH]c(=O)c23)ccc1Cl. The number of halogens is 1. The molecule has 3 heterocycles. The van der Waals surface area contributed by atoms with E-state index in [0.717, 1.165) is 0 Å². The number of H-pyrrole nitrogens is 1. The van der Waals surface area contributed by atoms with Crippen molar-refractivity contribution in [1.82, 2.24) is 14.8 Å². The van der Waals surface area contributed by atoms with E-state index in [4.69, 9.17) is 16.3 Å². The quantitative estimate of drug-likeness (QED) is 0.613. The van der Waals surface area contributed by atoms with Gasteiger partial charge in [-0.25, -0.2) is 0 Å². The van der Waals surface area contributed by atoms with Gasteiger partial charge in [0.25, 0.3) is 5.56 Å². The van der Waals surface area contributed by atoms with Crippen molar-refractivity contribution in [2.24, 2.45) is 5.92 Å². The van der Waals surface area contributed by atoms with Crippen molar-refractivity contribution in [3.8, 4) is 6.07 Å². The molecule has 10 heteroatoms. The zero-order chi connectivity index (χ0) is 20.5. The fourth-order valence-electron chi connectivity index (χ4n) is 3.49. The maximum Gasteiger partial charge on any atom is 0.261 e. The predicted molar refractivity (Wildman–Crippen MR) is 111 cm³/mol. The Kier molecular flexibility index (Phi) is 5.52. The van der Waals surface area contributed by atoms with E-state index in [1.807, 2.05) is 0 Å². The molecule has 3 aromatic rings. The second kappa shape index (κ2) is 8.08. The van der Waals surface area contributed by atoms with Gasteiger partial charge in [-0.05, 0) is 35.8 Å². The smallest absolute Gasteiger partial charge is 0.261 e. The summed E-state index contributed by atoms with van der Waals surface area (Å²) in [7, 11) is 0. The van der Waals surface area contributed by atoms with Gasteiger partial charge in [0, 0.05) is 24.6 Å². The normalized spacial score (nSPS) is 20.3. The number of aromatic nitrogens is 3. The number of rotatable bonds is 4. The number of hydrogen-bond acceptors (Lipinski definition) is 6. The molecular weight excluding hydrogens is 414 g/mol. The molecule has 1 unspecified atom stereocenters. The van der Waals surface area contributed by atoms with Crippen molar-refractivity contribution in [3.63, 3.8) is 0 Å². The molecule has 2 N–H and O–H groups in total. The van der Waals surface area contributed by atoms with E-state index >= 15 is 0 Å². The average Bonchev–Trinajstić information content (AvgIpc) is 3.08. The third-order valence-corrected chi connectivity index (χ3v) is 6.34. The summed E-state index contributed by atoms with van der Waals surface area (Å²) in [5, 5.41) is 18.1. The number of nitrogens with one attached hydrogen (secondary N) is 2. The number of anilines is 2. The molecule has 1 fully saturated rings. The summed E-state index contributed by atoms with van der Waals surface area (Å²) in [6.07, 6.45) is 3.71. The monoisotopic (exact) mass is 431 g/mol. The fourth-order valence-corrected chi connectivity index (χ4v) is 4.57. The van der Waals surface area contributed by atoms with Gasteiger partial charge in [-0.15, -0.1) is 0 Å². The maximum absolute atomic E-state index is 12.6. The lowest BCUT2D eigenvalue weighted by atomic mass is 9.96.